The van der Waals surface area contributed by atoms with Crippen molar-refractivity contribution in [2.24, 2.45) is 7.05 Å². The van der Waals surface area contributed by atoms with Crippen molar-refractivity contribution in [2.45, 2.75) is 20.0 Å². The zero-order chi connectivity index (χ0) is 17.8. The van der Waals surface area contributed by atoms with Crippen LogP contribution in [0.15, 0.2) is 24.3 Å². The summed E-state index contributed by atoms with van der Waals surface area (Å²) in [6.07, 6.45) is 0. The van der Waals surface area contributed by atoms with Gasteiger partial charge in [0.15, 0.2) is 0 Å². The van der Waals surface area contributed by atoms with Gasteiger partial charge in [-0.3, -0.25) is 4.68 Å². The fraction of sp³-hybridized carbons (Fsp3) is 0.526. The van der Waals surface area contributed by atoms with Gasteiger partial charge in [-0.2, -0.15) is 5.10 Å². The van der Waals surface area contributed by atoms with Gasteiger partial charge in [0.25, 0.3) is 0 Å². The Bertz CT molecular complexity index is 687. The lowest BCUT2D eigenvalue weighted by atomic mass is 10.1. The van der Waals surface area contributed by atoms with E-state index in [0.717, 1.165) is 50.9 Å². The highest BCUT2D eigenvalue weighted by Gasteiger charge is 2.14. The summed E-state index contributed by atoms with van der Waals surface area (Å²) >= 11 is 0. The second-order valence-corrected chi connectivity index (χ2v) is 6.78. The molecule has 1 N–H and O–H groups in total. The van der Waals surface area contributed by atoms with Crippen LogP contribution in [-0.2, 0) is 24.9 Å². The van der Waals surface area contributed by atoms with Crippen LogP contribution in [0, 0.1) is 6.92 Å². The summed E-state index contributed by atoms with van der Waals surface area (Å²) in [5, 5.41) is 8.09. The predicted octanol–water partition coefficient (Wildman–Crippen LogP) is 1.92. The third kappa shape index (κ3) is 4.14. The van der Waals surface area contributed by atoms with Gasteiger partial charge in [0, 0.05) is 58.6 Å². The normalized spacial score (nSPS) is 14.8. The Hall–Kier alpha value is -2.05. The van der Waals surface area contributed by atoms with Crippen LogP contribution in [0.3, 0.4) is 0 Å². The Kier molecular flexibility index (Phi) is 5.60. The van der Waals surface area contributed by atoms with Crippen LogP contribution < -0.4 is 15.1 Å². The molecule has 0 unspecified atom stereocenters. The van der Waals surface area contributed by atoms with E-state index in [4.69, 9.17) is 4.74 Å². The van der Waals surface area contributed by atoms with E-state index in [1.807, 2.05) is 11.7 Å². The Balaban J connectivity index is 1.57. The van der Waals surface area contributed by atoms with E-state index in [0.29, 0.717) is 0 Å². The van der Waals surface area contributed by atoms with Crippen LogP contribution in [0.25, 0.3) is 0 Å². The number of hydrogen-bond acceptors (Lipinski definition) is 5. The van der Waals surface area contributed by atoms with Crippen LogP contribution in [0.2, 0.25) is 0 Å². The molecular weight excluding hydrogens is 314 g/mol. The summed E-state index contributed by atoms with van der Waals surface area (Å²) in [5.41, 5.74) is 4.92. The van der Waals surface area contributed by atoms with Gasteiger partial charge in [0.05, 0.1) is 18.9 Å². The van der Waals surface area contributed by atoms with Crippen molar-refractivity contribution in [3.63, 3.8) is 0 Å². The van der Waals surface area contributed by atoms with Gasteiger partial charge in [0.1, 0.15) is 5.82 Å². The molecule has 25 heavy (non-hydrogen) atoms. The smallest absolute Gasteiger partial charge is 0.130 e. The van der Waals surface area contributed by atoms with E-state index in [2.05, 4.69) is 65.5 Å². The fourth-order valence-electron chi connectivity index (χ4n) is 3.43. The number of nitrogens with one attached hydrogen (secondary N) is 1. The molecule has 1 saturated heterocycles. The molecule has 136 valence electrons. The first-order chi connectivity index (χ1) is 12.1. The lowest BCUT2D eigenvalue weighted by molar-refractivity contribution is 0.122. The van der Waals surface area contributed by atoms with Crippen molar-refractivity contribution in [1.82, 2.24) is 15.1 Å². The maximum Gasteiger partial charge on any atom is 0.130 e. The van der Waals surface area contributed by atoms with Gasteiger partial charge in [-0.25, -0.2) is 0 Å². The molecule has 0 bridgehead atoms. The number of rotatable bonds is 6. The molecule has 2 aromatic rings. The third-order valence-corrected chi connectivity index (χ3v) is 4.68. The van der Waals surface area contributed by atoms with Gasteiger partial charge >= 0.3 is 0 Å². The molecular formula is C19H29N5O. The number of benzene rings is 1. The monoisotopic (exact) mass is 343 g/mol. The average molecular weight is 343 g/mol. The lowest BCUT2D eigenvalue weighted by Gasteiger charge is -2.28. The number of hydrogen-bond donors (Lipinski definition) is 1. The SMILES string of the molecule is Cc1nn(C)c(N(C)C)c1CNCc1ccc(N2CCOCC2)cc1. The van der Waals surface area contributed by atoms with E-state index in [1.54, 1.807) is 0 Å². The van der Waals surface area contributed by atoms with Crippen molar-refractivity contribution in [3.05, 3.63) is 41.1 Å². The molecule has 0 radical (unpaired) electrons. The quantitative estimate of drug-likeness (QED) is 0.868. The van der Waals surface area contributed by atoms with E-state index >= 15 is 0 Å². The summed E-state index contributed by atoms with van der Waals surface area (Å²) in [6.45, 7) is 7.34. The van der Waals surface area contributed by atoms with Crippen molar-refractivity contribution >= 4 is 11.5 Å². The minimum atomic E-state index is 0.818. The molecule has 1 aliphatic rings. The number of aryl methyl sites for hydroxylation is 2. The Morgan fingerprint density at radius 2 is 1.80 bits per heavy atom. The van der Waals surface area contributed by atoms with Gasteiger partial charge in [-0.15, -0.1) is 0 Å². The molecule has 0 atom stereocenters. The van der Waals surface area contributed by atoms with Crippen LogP contribution in [-0.4, -0.2) is 50.2 Å². The zero-order valence-electron chi connectivity index (χ0n) is 15.7. The molecule has 6 nitrogen and oxygen atoms in total. The Morgan fingerprint density at radius 3 is 2.44 bits per heavy atom. The van der Waals surface area contributed by atoms with Crippen molar-refractivity contribution < 1.29 is 4.74 Å². The molecule has 2 heterocycles. The second-order valence-electron chi connectivity index (χ2n) is 6.78. The largest absolute Gasteiger partial charge is 0.378 e. The fourth-order valence-corrected chi connectivity index (χ4v) is 3.43. The van der Waals surface area contributed by atoms with E-state index in [1.165, 1.54) is 16.8 Å². The van der Waals surface area contributed by atoms with Gasteiger partial charge < -0.3 is 19.9 Å². The van der Waals surface area contributed by atoms with Crippen LogP contribution >= 0.6 is 0 Å². The number of morpholine rings is 1. The first-order valence-corrected chi connectivity index (χ1v) is 8.88. The average Bonchev–Trinajstić information content (AvgIpc) is 2.90. The zero-order valence-corrected chi connectivity index (χ0v) is 15.7. The minimum Gasteiger partial charge on any atom is -0.378 e. The van der Waals surface area contributed by atoms with Gasteiger partial charge in [0.2, 0.25) is 0 Å². The van der Waals surface area contributed by atoms with Crippen molar-refractivity contribution in [1.29, 1.82) is 0 Å². The van der Waals surface area contributed by atoms with E-state index < -0.39 is 0 Å². The second kappa shape index (κ2) is 7.89. The molecule has 0 aliphatic carbocycles. The highest BCUT2D eigenvalue weighted by atomic mass is 16.5. The first-order valence-electron chi connectivity index (χ1n) is 8.88. The van der Waals surface area contributed by atoms with Crippen LogP contribution in [0.4, 0.5) is 11.5 Å². The molecule has 1 aromatic heterocycles. The molecule has 0 saturated carbocycles. The van der Waals surface area contributed by atoms with Crippen molar-refractivity contribution in [2.75, 3.05) is 50.2 Å². The third-order valence-electron chi connectivity index (χ3n) is 4.68. The van der Waals surface area contributed by atoms with Crippen molar-refractivity contribution in [3.8, 4) is 0 Å². The maximum atomic E-state index is 5.42. The molecule has 1 fully saturated rings. The van der Waals surface area contributed by atoms with E-state index in [9.17, 15) is 0 Å². The molecule has 1 aliphatic heterocycles. The van der Waals surface area contributed by atoms with E-state index in [-0.39, 0.29) is 0 Å². The van der Waals surface area contributed by atoms with Crippen LogP contribution in [0.1, 0.15) is 16.8 Å². The maximum absolute atomic E-state index is 5.42. The Morgan fingerprint density at radius 1 is 1.12 bits per heavy atom. The summed E-state index contributed by atoms with van der Waals surface area (Å²) in [4.78, 5) is 4.50. The lowest BCUT2D eigenvalue weighted by Crippen LogP contribution is -2.36. The van der Waals surface area contributed by atoms with Gasteiger partial charge in [-0.05, 0) is 24.6 Å². The molecule has 1 aromatic carbocycles. The number of ether oxygens (including phenoxy) is 1. The highest BCUT2D eigenvalue weighted by Crippen LogP contribution is 2.21. The van der Waals surface area contributed by atoms with Crippen LogP contribution in [0.5, 0.6) is 0 Å². The summed E-state index contributed by atoms with van der Waals surface area (Å²) in [6, 6.07) is 8.84. The molecule has 6 heteroatoms. The predicted molar refractivity (Wildman–Crippen MR) is 102 cm³/mol. The Labute approximate surface area is 150 Å². The molecule has 0 amide bonds. The number of anilines is 2. The summed E-state index contributed by atoms with van der Waals surface area (Å²) < 4.78 is 7.36. The summed E-state index contributed by atoms with van der Waals surface area (Å²) in [7, 11) is 6.12. The number of aromatic nitrogens is 2. The molecule has 3 rings (SSSR count). The summed E-state index contributed by atoms with van der Waals surface area (Å²) in [5.74, 6) is 1.16. The highest BCUT2D eigenvalue weighted by molar-refractivity contribution is 5.49. The molecule has 0 spiro atoms. The first kappa shape index (κ1) is 17.8. The minimum absolute atomic E-state index is 0.818. The topological polar surface area (TPSA) is 45.6 Å². The van der Waals surface area contributed by atoms with Gasteiger partial charge in [-0.1, -0.05) is 12.1 Å². The number of nitrogens with zero attached hydrogens (tertiary/aromatic N) is 4. The standard InChI is InChI=1S/C19H29N5O/c1-15-18(19(22(2)3)23(4)21-15)14-20-13-16-5-7-17(8-6-16)24-9-11-25-12-10-24/h5-8,20H,9-14H2,1-4H3.